The fraction of sp³-hybridized carbons (Fsp3) is 0.200. The van der Waals surface area contributed by atoms with Gasteiger partial charge in [-0.25, -0.2) is 8.78 Å². The Morgan fingerprint density at radius 1 is 1.12 bits per heavy atom. The maximum absolute atomic E-state index is 13.3. The van der Waals surface area contributed by atoms with E-state index >= 15 is 0 Å². The van der Waals surface area contributed by atoms with Crippen LogP contribution in [0.5, 0.6) is 0 Å². The van der Waals surface area contributed by atoms with Gasteiger partial charge in [0.1, 0.15) is 0 Å². The van der Waals surface area contributed by atoms with Crippen LogP contribution in [0, 0.1) is 11.6 Å². The molecule has 0 aliphatic rings. The molecular weight excluding hydrogens is 338 g/mol. The molecule has 0 aliphatic heterocycles. The van der Waals surface area contributed by atoms with E-state index in [0.29, 0.717) is 12.1 Å². The molecule has 0 spiro atoms. The number of aromatic nitrogens is 1. The van der Waals surface area contributed by atoms with Crippen molar-refractivity contribution < 1.29 is 18.1 Å². The molecule has 6 heteroatoms. The summed E-state index contributed by atoms with van der Waals surface area (Å²) in [5.74, 6) is -1.92. The molecule has 1 heterocycles. The molecule has 1 aromatic heterocycles. The maximum Gasteiger partial charge on any atom is 0.273 e. The Morgan fingerprint density at radius 3 is 2.58 bits per heavy atom. The largest absolute Gasteiger partial charge is 0.355 e. The topological polar surface area (TPSA) is 55.1 Å². The van der Waals surface area contributed by atoms with Gasteiger partial charge >= 0.3 is 0 Å². The highest BCUT2D eigenvalue weighted by molar-refractivity contribution is 5.93. The number of carbonyl (C=O) groups is 1. The normalized spacial score (nSPS) is 12.0. The lowest BCUT2D eigenvalue weighted by Gasteiger charge is -2.15. The van der Waals surface area contributed by atoms with Gasteiger partial charge in [0.2, 0.25) is 0 Å². The zero-order valence-corrected chi connectivity index (χ0v) is 14.2. The van der Waals surface area contributed by atoms with E-state index < -0.39 is 11.6 Å². The molecule has 2 aromatic carbocycles. The van der Waals surface area contributed by atoms with Crippen LogP contribution in [0.15, 0.2) is 59.1 Å². The van der Waals surface area contributed by atoms with Gasteiger partial charge in [-0.15, -0.1) is 0 Å². The average Bonchev–Trinajstić information content (AvgIpc) is 3.15. The Labute approximate surface area is 149 Å². The quantitative estimate of drug-likeness (QED) is 0.705. The third-order valence-electron chi connectivity index (χ3n) is 4.22. The second kappa shape index (κ2) is 7.91. The van der Waals surface area contributed by atoms with Crippen molar-refractivity contribution in [1.29, 1.82) is 0 Å². The summed E-state index contributed by atoms with van der Waals surface area (Å²) in [5, 5.41) is 6.56. The SMILES string of the molecule is CCC(CNC(=O)c1cc(-c2ccc(F)c(F)c2)on1)c1ccccc1. The summed E-state index contributed by atoms with van der Waals surface area (Å²) in [7, 11) is 0. The minimum absolute atomic E-state index is 0.0904. The number of amides is 1. The molecule has 4 nitrogen and oxygen atoms in total. The number of benzene rings is 2. The van der Waals surface area contributed by atoms with E-state index in [0.717, 1.165) is 24.1 Å². The predicted octanol–water partition coefficient (Wildman–Crippen LogP) is 4.54. The first kappa shape index (κ1) is 17.8. The molecular formula is C20H18F2N2O2. The summed E-state index contributed by atoms with van der Waals surface area (Å²) >= 11 is 0. The van der Waals surface area contributed by atoms with Crippen LogP contribution in [0.2, 0.25) is 0 Å². The summed E-state index contributed by atoms with van der Waals surface area (Å²) in [6.45, 7) is 2.52. The summed E-state index contributed by atoms with van der Waals surface area (Å²) in [5.41, 5.74) is 1.55. The zero-order valence-electron chi connectivity index (χ0n) is 14.2. The van der Waals surface area contributed by atoms with Gasteiger partial charge in [-0.3, -0.25) is 4.79 Å². The van der Waals surface area contributed by atoms with E-state index in [1.54, 1.807) is 0 Å². The fourth-order valence-electron chi connectivity index (χ4n) is 2.70. The summed E-state index contributed by atoms with van der Waals surface area (Å²) in [6, 6.07) is 14.7. The van der Waals surface area contributed by atoms with Crippen molar-refractivity contribution in [3.05, 3.63) is 77.5 Å². The first-order valence-electron chi connectivity index (χ1n) is 8.33. The lowest BCUT2D eigenvalue weighted by atomic mass is 9.96. The van der Waals surface area contributed by atoms with Gasteiger partial charge in [-0.2, -0.15) is 0 Å². The van der Waals surface area contributed by atoms with Crippen molar-refractivity contribution in [2.75, 3.05) is 6.54 Å². The van der Waals surface area contributed by atoms with Crippen LogP contribution in [-0.2, 0) is 0 Å². The third kappa shape index (κ3) is 3.96. The molecule has 0 aliphatic carbocycles. The van der Waals surface area contributed by atoms with Crippen LogP contribution in [-0.4, -0.2) is 17.6 Å². The second-order valence-corrected chi connectivity index (χ2v) is 5.93. The van der Waals surface area contributed by atoms with Crippen LogP contribution in [0.4, 0.5) is 8.78 Å². The van der Waals surface area contributed by atoms with Gasteiger partial charge in [0, 0.05) is 24.1 Å². The Morgan fingerprint density at radius 2 is 1.88 bits per heavy atom. The average molecular weight is 356 g/mol. The zero-order chi connectivity index (χ0) is 18.5. The van der Waals surface area contributed by atoms with Gasteiger partial charge in [0.25, 0.3) is 5.91 Å². The number of hydrogen-bond donors (Lipinski definition) is 1. The molecule has 1 unspecified atom stereocenters. The second-order valence-electron chi connectivity index (χ2n) is 5.93. The predicted molar refractivity (Wildman–Crippen MR) is 93.7 cm³/mol. The van der Waals surface area contributed by atoms with E-state index in [9.17, 15) is 13.6 Å². The summed E-state index contributed by atoms with van der Waals surface area (Å²) in [6.07, 6.45) is 0.878. The first-order chi connectivity index (χ1) is 12.6. The molecule has 1 N–H and O–H groups in total. The van der Waals surface area contributed by atoms with Gasteiger partial charge in [-0.1, -0.05) is 42.4 Å². The molecule has 3 aromatic rings. The van der Waals surface area contributed by atoms with E-state index in [1.807, 2.05) is 30.3 Å². The highest BCUT2D eigenvalue weighted by Crippen LogP contribution is 2.23. The van der Waals surface area contributed by atoms with Crippen molar-refractivity contribution in [1.82, 2.24) is 10.5 Å². The van der Waals surface area contributed by atoms with Crippen LogP contribution < -0.4 is 5.32 Å². The molecule has 3 rings (SSSR count). The molecule has 26 heavy (non-hydrogen) atoms. The van der Waals surface area contributed by atoms with Gasteiger partial charge < -0.3 is 9.84 Å². The van der Waals surface area contributed by atoms with Crippen molar-refractivity contribution in [3.63, 3.8) is 0 Å². The molecule has 134 valence electrons. The van der Waals surface area contributed by atoms with Crippen LogP contribution in [0.1, 0.15) is 35.3 Å². The van der Waals surface area contributed by atoms with Crippen LogP contribution in [0.25, 0.3) is 11.3 Å². The van der Waals surface area contributed by atoms with Crippen LogP contribution >= 0.6 is 0 Å². The molecule has 0 bridgehead atoms. The van der Waals surface area contributed by atoms with Crippen molar-refractivity contribution in [3.8, 4) is 11.3 Å². The van der Waals surface area contributed by atoms with Gasteiger partial charge in [0.15, 0.2) is 23.1 Å². The summed E-state index contributed by atoms with van der Waals surface area (Å²) in [4.78, 5) is 12.3. The minimum Gasteiger partial charge on any atom is -0.355 e. The van der Waals surface area contributed by atoms with E-state index in [1.165, 1.54) is 12.1 Å². The monoisotopic (exact) mass is 356 g/mol. The lowest BCUT2D eigenvalue weighted by molar-refractivity contribution is 0.0942. The minimum atomic E-state index is -0.987. The first-order valence-corrected chi connectivity index (χ1v) is 8.33. The molecule has 0 radical (unpaired) electrons. The summed E-state index contributed by atoms with van der Waals surface area (Å²) < 4.78 is 31.4. The van der Waals surface area contributed by atoms with Crippen molar-refractivity contribution in [2.24, 2.45) is 0 Å². The van der Waals surface area contributed by atoms with E-state index in [4.69, 9.17) is 4.52 Å². The van der Waals surface area contributed by atoms with E-state index in [2.05, 4.69) is 17.4 Å². The van der Waals surface area contributed by atoms with Crippen LogP contribution in [0.3, 0.4) is 0 Å². The third-order valence-corrected chi connectivity index (χ3v) is 4.22. The van der Waals surface area contributed by atoms with Crippen molar-refractivity contribution in [2.45, 2.75) is 19.3 Å². The number of carbonyl (C=O) groups excluding carboxylic acids is 1. The highest BCUT2D eigenvalue weighted by Gasteiger charge is 2.17. The standard InChI is InChI=1S/C20H18F2N2O2/c1-2-13(14-6-4-3-5-7-14)12-23-20(25)18-11-19(26-24-18)15-8-9-16(21)17(22)10-15/h3-11,13H,2,12H2,1H3,(H,23,25). The number of hydrogen-bond acceptors (Lipinski definition) is 3. The Bertz CT molecular complexity index is 894. The fourth-order valence-corrected chi connectivity index (χ4v) is 2.70. The molecule has 0 saturated carbocycles. The Hall–Kier alpha value is -3.02. The smallest absolute Gasteiger partial charge is 0.273 e. The Balaban J connectivity index is 1.67. The molecule has 1 atom stereocenters. The maximum atomic E-state index is 13.3. The molecule has 1 amide bonds. The molecule has 0 fully saturated rings. The highest BCUT2D eigenvalue weighted by atomic mass is 19.2. The number of nitrogens with zero attached hydrogens (tertiary/aromatic N) is 1. The van der Waals surface area contributed by atoms with E-state index in [-0.39, 0.29) is 23.3 Å². The van der Waals surface area contributed by atoms with Crippen molar-refractivity contribution >= 4 is 5.91 Å². The Kier molecular flexibility index (Phi) is 5.41. The van der Waals surface area contributed by atoms with Gasteiger partial charge in [-0.05, 0) is 30.2 Å². The number of halogens is 2. The van der Waals surface area contributed by atoms with Gasteiger partial charge in [0.05, 0.1) is 0 Å². The molecule has 0 saturated heterocycles. The number of nitrogens with one attached hydrogen (secondary N) is 1. The number of rotatable bonds is 6. The lowest BCUT2D eigenvalue weighted by Crippen LogP contribution is -2.28.